The SMILES string of the molecule is CCOc1cccc(CNC(=O)N2CCN(c3cccc(C(F)(F)F)c3)CC2)c1. The van der Waals surface area contributed by atoms with Crippen LogP contribution in [-0.2, 0) is 12.7 Å². The largest absolute Gasteiger partial charge is 0.494 e. The summed E-state index contributed by atoms with van der Waals surface area (Å²) in [4.78, 5) is 16.0. The number of amides is 2. The van der Waals surface area contributed by atoms with Gasteiger partial charge in [0.25, 0.3) is 0 Å². The summed E-state index contributed by atoms with van der Waals surface area (Å²) < 4.78 is 44.2. The number of carbonyl (C=O) groups excluding carboxylic acids is 1. The van der Waals surface area contributed by atoms with Gasteiger partial charge in [-0.1, -0.05) is 18.2 Å². The highest BCUT2D eigenvalue weighted by Gasteiger charge is 2.31. The van der Waals surface area contributed by atoms with Crippen LogP contribution >= 0.6 is 0 Å². The van der Waals surface area contributed by atoms with Gasteiger partial charge in [0.15, 0.2) is 0 Å². The molecule has 1 saturated heterocycles. The van der Waals surface area contributed by atoms with E-state index in [1.165, 1.54) is 6.07 Å². The van der Waals surface area contributed by atoms with E-state index in [1.54, 1.807) is 11.0 Å². The van der Waals surface area contributed by atoms with Crippen LogP contribution < -0.4 is 15.0 Å². The molecule has 2 aromatic rings. The first-order chi connectivity index (χ1) is 13.9. The lowest BCUT2D eigenvalue weighted by Crippen LogP contribution is -2.51. The van der Waals surface area contributed by atoms with Gasteiger partial charge in [0.1, 0.15) is 5.75 Å². The van der Waals surface area contributed by atoms with Gasteiger partial charge in [0.05, 0.1) is 12.2 Å². The zero-order valence-electron chi connectivity index (χ0n) is 16.2. The van der Waals surface area contributed by atoms with E-state index in [0.29, 0.717) is 45.0 Å². The Morgan fingerprint density at radius 3 is 2.48 bits per heavy atom. The van der Waals surface area contributed by atoms with Gasteiger partial charge in [-0.05, 0) is 42.8 Å². The molecular weight excluding hydrogens is 383 g/mol. The number of piperazine rings is 1. The zero-order valence-corrected chi connectivity index (χ0v) is 16.2. The van der Waals surface area contributed by atoms with E-state index in [2.05, 4.69) is 5.32 Å². The van der Waals surface area contributed by atoms with E-state index in [0.717, 1.165) is 23.4 Å². The lowest BCUT2D eigenvalue weighted by molar-refractivity contribution is -0.137. The molecular formula is C21H24F3N3O2. The molecule has 0 unspecified atom stereocenters. The molecule has 1 fully saturated rings. The van der Waals surface area contributed by atoms with E-state index >= 15 is 0 Å². The Bertz CT molecular complexity index is 834. The molecule has 0 spiro atoms. The molecule has 0 bridgehead atoms. The number of urea groups is 1. The average molecular weight is 407 g/mol. The Hall–Kier alpha value is -2.90. The fourth-order valence-corrected chi connectivity index (χ4v) is 3.25. The molecule has 0 aliphatic carbocycles. The molecule has 29 heavy (non-hydrogen) atoms. The second kappa shape index (κ2) is 9.07. The molecule has 1 aliphatic rings. The van der Waals surface area contributed by atoms with E-state index in [9.17, 15) is 18.0 Å². The van der Waals surface area contributed by atoms with Crippen molar-refractivity contribution >= 4 is 11.7 Å². The molecule has 8 heteroatoms. The van der Waals surface area contributed by atoms with Gasteiger partial charge < -0.3 is 19.9 Å². The molecule has 3 rings (SSSR count). The quantitative estimate of drug-likeness (QED) is 0.811. The minimum Gasteiger partial charge on any atom is -0.494 e. The molecule has 2 aromatic carbocycles. The van der Waals surface area contributed by atoms with E-state index < -0.39 is 11.7 Å². The van der Waals surface area contributed by atoms with Gasteiger partial charge in [-0.2, -0.15) is 13.2 Å². The molecule has 2 amide bonds. The summed E-state index contributed by atoms with van der Waals surface area (Å²) in [6.07, 6.45) is -4.36. The number of nitrogens with zero attached hydrogens (tertiary/aromatic N) is 2. The Kier molecular flexibility index (Phi) is 6.51. The Labute approximate surface area is 168 Å². The lowest BCUT2D eigenvalue weighted by atomic mass is 10.1. The number of benzene rings is 2. The number of nitrogens with one attached hydrogen (secondary N) is 1. The molecule has 0 atom stereocenters. The fraction of sp³-hybridized carbons (Fsp3) is 0.381. The third-order valence-corrected chi connectivity index (χ3v) is 4.76. The zero-order chi connectivity index (χ0) is 20.9. The first-order valence-electron chi connectivity index (χ1n) is 9.53. The van der Waals surface area contributed by atoms with Crippen LogP contribution in [0.4, 0.5) is 23.7 Å². The Morgan fingerprint density at radius 2 is 1.79 bits per heavy atom. The monoisotopic (exact) mass is 407 g/mol. The predicted molar refractivity (Wildman–Crippen MR) is 105 cm³/mol. The molecule has 5 nitrogen and oxygen atoms in total. The Balaban J connectivity index is 1.51. The van der Waals surface area contributed by atoms with Gasteiger partial charge in [-0.3, -0.25) is 0 Å². The van der Waals surface area contributed by atoms with Gasteiger partial charge in [0, 0.05) is 38.4 Å². The highest BCUT2D eigenvalue weighted by Crippen LogP contribution is 2.31. The summed E-state index contributed by atoms with van der Waals surface area (Å²) in [7, 11) is 0. The normalized spacial score (nSPS) is 14.6. The first kappa shape index (κ1) is 20.8. The molecule has 156 valence electrons. The number of alkyl halides is 3. The van der Waals surface area contributed by atoms with Crippen LogP contribution in [0.2, 0.25) is 0 Å². The van der Waals surface area contributed by atoms with Crippen LogP contribution in [0.15, 0.2) is 48.5 Å². The maximum absolute atomic E-state index is 12.9. The number of rotatable bonds is 5. The van der Waals surface area contributed by atoms with Crippen LogP contribution in [0.1, 0.15) is 18.1 Å². The van der Waals surface area contributed by atoms with Crippen molar-refractivity contribution in [1.29, 1.82) is 0 Å². The van der Waals surface area contributed by atoms with E-state index in [-0.39, 0.29) is 6.03 Å². The van der Waals surface area contributed by atoms with Crippen molar-refractivity contribution in [2.75, 3.05) is 37.7 Å². The van der Waals surface area contributed by atoms with Gasteiger partial charge in [0.2, 0.25) is 0 Å². The van der Waals surface area contributed by atoms with Crippen molar-refractivity contribution in [3.05, 3.63) is 59.7 Å². The van der Waals surface area contributed by atoms with Crippen LogP contribution in [0, 0.1) is 0 Å². The first-order valence-corrected chi connectivity index (χ1v) is 9.53. The van der Waals surface area contributed by atoms with E-state index in [1.807, 2.05) is 36.1 Å². The molecule has 0 saturated carbocycles. The molecule has 0 aromatic heterocycles. The second-order valence-electron chi connectivity index (χ2n) is 6.76. The molecule has 1 heterocycles. The third-order valence-electron chi connectivity index (χ3n) is 4.76. The van der Waals surface area contributed by atoms with Crippen molar-refractivity contribution in [1.82, 2.24) is 10.2 Å². The average Bonchev–Trinajstić information content (AvgIpc) is 2.72. The fourth-order valence-electron chi connectivity index (χ4n) is 3.25. The highest BCUT2D eigenvalue weighted by atomic mass is 19.4. The third kappa shape index (κ3) is 5.56. The summed E-state index contributed by atoms with van der Waals surface area (Å²) >= 11 is 0. The number of ether oxygens (including phenoxy) is 1. The smallest absolute Gasteiger partial charge is 0.416 e. The minimum absolute atomic E-state index is 0.185. The summed E-state index contributed by atoms with van der Waals surface area (Å²) in [5.41, 5.74) is 0.795. The number of hydrogen-bond donors (Lipinski definition) is 1. The maximum Gasteiger partial charge on any atom is 0.416 e. The second-order valence-corrected chi connectivity index (χ2v) is 6.76. The van der Waals surface area contributed by atoms with Gasteiger partial charge in [-0.15, -0.1) is 0 Å². The van der Waals surface area contributed by atoms with Crippen molar-refractivity contribution in [2.24, 2.45) is 0 Å². The summed E-state index contributed by atoms with van der Waals surface area (Å²) in [6.45, 7) is 4.72. The minimum atomic E-state index is -4.36. The Morgan fingerprint density at radius 1 is 1.07 bits per heavy atom. The number of hydrogen-bond acceptors (Lipinski definition) is 3. The molecule has 1 aliphatic heterocycles. The van der Waals surface area contributed by atoms with Crippen LogP contribution in [-0.4, -0.2) is 43.7 Å². The van der Waals surface area contributed by atoms with Crippen molar-refractivity contribution in [3.8, 4) is 5.75 Å². The number of halogens is 3. The van der Waals surface area contributed by atoms with Crippen LogP contribution in [0.5, 0.6) is 5.75 Å². The van der Waals surface area contributed by atoms with Crippen LogP contribution in [0.25, 0.3) is 0 Å². The summed E-state index contributed by atoms with van der Waals surface area (Å²) in [6, 6.07) is 12.6. The van der Waals surface area contributed by atoms with Crippen molar-refractivity contribution < 1.29 is 22.7 Å². The van der Waals surface area contributed by atoms with Gasteiger partial charge in [-0.25, -0.2) is 4.79 Å². The maximum atomic E-state index is 12.9. The summed E-state index contributed by atoms with van der Waals surface area (Å²) in [5.74, 6) is 0.758. The predicted octanol–water partition coefficient (Wildman–Crippen LogP) is 4.14. The van der Waals surface area contributed by atoms with Crippen molar-refractivity contribution in [2.45, 2.75) is 19.6 Å². The standard InChI is InChI=1S/C21H24F3N3O2/c1-2-29-19-8-3-5-16(13-19)15-25-20(28)27-11-9-26(10-12-27)18-7-4-6-17(14-18)21(22,23)24/h3-8,13-14H,2,9-12,15H2,1H3,(H,25,28). The van der Waals surface area contributed by atoms with E-state index in [4.69, 9.17) is 4.74 Å². The number of anilines is 1. The molecule has 1 N–H and O–H groups in total. The lowest BCUT2D eigenvalue weighted by Gasteiger charge is -2.36. The van der Waals surface area contributed by atoms with Crippen LogP contribution in [0.3, 0.4) is 0 Å². The van der Waals surface area contributed by atoms with Gasteiger partial charge >= 0.3 is 12.2 Å². The molecule has 0 radical (unpaired) electrons. The number of carbonyl (C=O) groups is 1. The summed E-state index contributed by atoms with van der Waals surface area (Å²) in [5, 5.41) is 2.89. The highest BCUT2D eigenvalue weighted by molar-refractivity contribution is 5.74. The van der Waals surface area contributed by atoms with Crippen molar-refractivity contribution in [3.63, 3.8) is 0 Å². The topological polar surface area (TPSA) is 44.8 Å².